The molecule has 1 aromatic carbocycles. The quantitative estimate of drug-likeness (QED) is 0.293. The third-order valence-electron chi connectivity index (χ3n) is 2.99. The number of allylic oxidation sites excluding steroid dienone is 2. The predicted octanol–water partition coefficient (Wildman–Crippen LogP) is 5.48. The van der Waals surface area contributed by atoms with Gasteiger partial charge in [-0.05, 0) is 19.3 Å². The summed E-state index contributed by atoms with van der Waals surface area (Å²) in [7, 11) is 0. The minimum atomic E-state index is -2.13. The van der Waals surface area contributed by atoms with E-state index in [9.17, 15) is 22.0 Å². The maximum absolute atomic E-state index is 13.9. The van der Waals surface area contributed by atoms with E-state index < -0.39 is 46.0 Å². The number of hydrogen-bond donors (Lipinski definition) is 0. The van der Waals surface area contributed by atoms with Crippen molar-refractivity contribution in [2.24, 2.45) is 5.41 Å². The lowest BCUT2D eigenvalue weighted by Crippen LogP contribution is -2.21. The van der Waals surface area contributed by atoms with Crippen molar-refractivity contribution in [1.82, 2.24) is 0 Å². The third kappa shape index (κ3) is 3.02. The molecule has 0 fully saturated rings. The second-order valence-corrected chi connectivity index (χ2v) is 6.07. The first-order valence-electron chi connectivity index (χ1n) is 6.14. The molecule has 0 aromatic heterocycles. The first-order valence-corrected chi connectivity index (χ1v) is 6.14. The first-order chi connectivity index (χ1) is 8.98. The van der Waals surface area contributed by atoms with Crippen molar-refractivity contribution in [2.45, 2.75) is 40.5 Å². The summed E-state index contributed by atoms with van der Waals surface area (Å²) in [5.41, 5.74) is -0.751. The van der Waals surface area contributed by atoms with Gasteiger partial charge in [-0.15, -0.1) is 0 Å². The molecular formula is C15H17F5. The van der Waals surface area contributed by atoms with Crippen LogP contribution in [-0.4, -0.2) is 0 Å². The molecule has 20 heavy (non-hydrogen) atoms. The fourth-order valence-corrected chi connectivity index (χ4v) is 1.99. The molecule has 1 unspecified atom stereocenters. The molecule has 112 valence electrons. The van der Waals surface area contributed by atoms with E-state index in [0.29, 0.717) is 0 Å². The molecule has 0 N–H and O–H groups in total. The van der Waals surface area contributed by atoms with Gasteiger partial charge in [-0.2, -0.15) is 0 Å². The lowest BCUT2D eigenvalue weighted by molar-refractivity contribution is 0.319. The highest BCUT2D eigenvalue weighted by atomic mass is 19.2. The number of halogens is 5. The van der Waals surface area contributed by atoms with Crippen LogP contribution in [0.15, 0.2) is 11.6 Å². The Labute approximate surface area is 115 Å². The standard InChI is InChI=1S/C15H17F5/c1-7(2)6-8(15(3,4)5)9-10(16)12(18)14(20)13(19)11(9)17/h6,8H,1-5H3. The molecule has 0 heterocycles. The Morgan fingerprint density at radius 1 is 0.800 bits per heavy atom. The lowest BCUT2D eigenvalue weighted by Gasteiger charge is -2.30. The molecule has 0 amide bonds. The summed E-state index contributed by atoms with van der Waals surface area (Å²) in [6, 6.07) is 0. The van der Waals surface area contributed by atoms with Crippen LogP contribution in [0.1, 0.15) is 46.1 Å². The van der Waals surface area contributed by atoms with Crippen molar-refractivity contribution >= 4 is 0 Å². The largest absolute Gasteiger partial charge is 0.203 e. The van der Waals surface area contributed by atoms with E-state index in [1.165, 1.54) is 6.08 Å². The first kappa shape index (κ1) is 16.7. The minimum Gasteiger partial charge on any atom is -0.203 e. The van der Waals surface area contributed by atoms with Crippen molar-refractivity contribution in [3.05, 3.63) is 46.3 Å². The summed E-state index contributed by atoms with van der Waals surface area (Å²) < 4.78 is 67.5. The van der Waals surface area contributed by atoms with Gasteiger partial charge < -0.3 is 0 Å². The van der Waals surface area contributed by atoms with Crippen molar-refractivity contribution < 1.29 is 22.0 Å². The zero-order chi connectivity index (χ0) is 15.8. The Balaban J connectivity index is 3.70. The number of hydrogen-bond acceptors (Lipinski definition) is 0. The molecule has 1 atom stereocenters. The van der Waals surface area contributed by atoms with Crippen LogP contribution in [0.3, 0.4) is 0 Å². The fourth-order valence-electron chi connectivity index (χ4n) is 1.99. The van der Waals surface area contributed by atoms with Crippen LogP contribution in [0, 0.1) is 34.5 Å². The van der Waals surface area contributed by atoms with Gasteiger partial charge in [-0.1, -0.05) is 32.4 Å². The number of benzene rings is 1. The fraction of sp³-hybridized carbons (Fsp3) is 0.467. The van der Waals surface area contributed by atoms with Crippen LogP contribution in [0.2, 0.25) is 0 Å². The van der Waals surface area contributed by atoms with Gasteiger partial charge in [0.1, 0.15) is 0 Å². The topological polar surface area (TPSA) is 0 Å². The summed E-state index contributed by atoms with van der Waals surface area (Å²) in [5.74, 6) is -10.4. The van der Waals surface area contributed by atoms with Crippen molar-refractivity contribution in [1.29, 1.82) is 0 Å². The molecule has 0 saturated heterocycles. The van der Waals surface area contributed by atoms with Gasteiger partial charge in [0.25, 0.3) is 0 Å². The molecular weight excluding hydrogens is 275 g/mol. The Morgan fingerprint density at radius 2 is 1.15 bits per heavy atom. The summed E-state index contributed by atoms with van der Waals surface area (Å²) in [6.07, 6.45) is 1.51. The van der Waals surface area contributed by atoms with Crippen LogP contribution in [0.4, 0.5) is 22.0 Å². The van der Waals surface area contributed by atoms with Crippen LogP contribution in [0.25, 0.3) is 0 Å². The maximum Gasteiger partial charge on any atom is 0.200 e. The highest BCUT2D eigenvalue weighted by Gasteiger charge is 2.34. The van der Waals surface area contributed by atoms with Gasteiger partial charge in [0.05, 0.1) is 0 Å². The monoisotopic (exact) mass is 292 g/mol. The van der Waals surface area contributed by atoms with E-state index in [-0.39, 0.29) is 0 Å². The van der Waals surface area contributed by atoms with Gasteiger partial charge in [0, 0.05) is 11.5 Å². The molecule has 0 spiro atoms. The van der Waals surface area contributed by atoms with E-state index in [4.69, 9.17) is 0 Å². The summed E-state index contributed by atoms with van der Waals surface area (Å²) >= 11 is 0. The second-order valence-electron chi connectivity index (χ2n) is 6.07. The van der Waals surface area contributed by atoms with Gasteiger partial charge in [0.15, 0.2) is 23.3 Å². The third-order valence-corrected chi connectivity index (χ3v) is 2.99. The van der Waals surface area contributed by atoms with Crippen LogP contribution < -0.4 is 0 Å². The summed E-state index contributed by atoms with van der Waals surface area (Å²) in [5, 5.41) is 0. The van der Waals surface area contributed by atoms with Gasteiger partial charge in [-0.25, -0.2) is 22.0 Å². The zero-order valence-corrected chi connectivity index (χ0v) is 12.0. The highest BCUT2D eigenvalue weighted by Crippen LogP contribution is 2.41. The molecule has 0 bridgehead atoms. The second kappa shape index (κ2) is 5.54. The van der Waals surface area contributed by atoms with Gasteiger partial charge in [0.2, 0.25) is 5.82 Å². The van der Waals surface area contributed by atoms with Gasteiger partial charge in [-0.3, -0.25) is 0 Å². The molecule has 1 rings (SSSR count). The van der Waals surface area contributed by atoms with Gasteiger partial charge >= 0.3 is 0 Å². The highest BCUT2D eigenvalue weighted by molar-refractivity contribution is 5.32. The van der Waals surface area contributed by atoms with Crippen LogP contribution in [-0.2, 0) is 0 Å². The minimum absolute atomic E-state index is 0.699. The van der Waals surface area contributed by atoms with Crippen molar-refractivity contribution in [3.8, 4) is 0 Å². The average Bonchev–Trinajstić information content (AvgIpc) is 2.31. The molecule has 5 heteroatoms. The SMILES string of the molecule is CC(C)=CC(c1c(F)c(F)c(F)c(F)c1F)C(C)(C)C. The average molecular weight is 292 g/mol. The molecule has 0 aliphatic carbocycles. The van der Waals surface area contributed by atoms with E-state index in [1.54, 1.807) is 34.6 Å². The Kier molecular flexibility index (Phi) is 4.62. The van der Waals surface area contributed by atoms with Crippen molar-refractivity contribution in [3.63, 3.8) is 0 Å². The predicted molar refractivity (Wildman–Crippen MR) is 67.9 cm³/mol. The Morgan fingerprint density at radius 3 is 1.45 bits per heavy atom. The van der Waals surface area contributed by atoms with Crippen LogP contribution in [0.5, 0.6) is 0 Å². The lowest BCUT2D eigenvalue weighted by atomic mass is 9.75. The molecule has 0 radical (unpaired) electrons. The summed E-state index contributed by atoms with van der Waals surface area (Å²) in [6.45, 7) is 8.43. The van der Waals surface area contributed by atoms with Crippen molar-refractivity contribution in [2.75, 3.05) is 0 Å². The number of rotatable bonds is 2. The molecule has 0 saturated carbocycles. The maximum atomic E-state index is 13.9. The normalized spacial score (nSPS) is 13.3. The zero-order valence-electron chi connectivity index (χ0n) is 12.0. The van der Waals surface area contributed by atoms with E-state index >= 15 is 0 Å². The Bertz CT molecular complexity index is 519. The smallest absolute Gasteiger partial charge is 0.200 e. The van der Waals surface area contributed by atoms with Crippen LogP contribution >= 0.6 is 0 Å². The molecule has 0 nitrogen and oxygen atoms in total. The summed E-state index contributed by atoms with van der Waals surface area (Å²) in [4.78, 5) is 0. The molecule has 0 aliphatic heterocycles. The van der Waals surface area contributed by atoms with E-state index in [2.05, 4.69) is 0 Å². The molecule has 0 aliphatic rings. The Hall–Kier alpha value is -1.39. The van der Waals surface area contributed by atoms with E-state index in [1.807, 2.05) is 0 Å². The van der Waals surface area contributed by atoms with E-state index in [0.717, 1.165) is 5.57 Å². The molecule has 1 aromatic rings.